The Balaban J connectivity index is 3.32. The molecule has 0 saturated carbocycles. The summed E-state index contributed by atoms with van der Waals surface area (Å²) in [7, 11) is -4.31. The van der Waals surface area contributed by atoms with Gasteiger partial charge in [0.1, 0.15) is 6.16 Å². The van der Waals surface area contributed by atoms with E-state index in [4.69, 9.17) is 14.9 Å². The molecule has 0 radical (unpaired) electrons. The molecule has 2 atom stereocenters. The van der Waals surface area contributed by atoms with E-state index in [0.29, 0.717) is 7.11 Å². The van der Waals surface area contributed by atoms with E-state index >= 15 is 0 Å². The van der Waals surface area contributed by atoms with Gasteiger partial charge >= 0.3 is 12.1 Å². The van der Waals surface area contributed by atoms with Gasteiger partial charge in [0.15, 0.2) is 6.04 Å². The van der Waals surface area contributed by atoms with Gasteiger partial charge in [-0.25, -0.2) is 14.6 Å². The van der Waals surface area contributed by atoms with Gasteiger partial charge in [0.05, 0.1) is 0 Å². The number of methoxy groups -OCH3 is 1. The Morgan fingerprint density at radius 3 is 2.16 bits per heavy atom. The molecule has 0 heterocycles. The molecule has 0 spiro atoms. The van der Waals surface area contributed by atoms with Crippen LogP contribution in [0.25, 0.3) is 0 Å². The van der Waals surface area contributed by atoms with Crippen molar-refractivity contribution in [3.63, 3.8) is 0 Å². The van der Waals surface area contributed by atoms with Crippen molar-refractivity contribution in [1.29, 1.82) is 0 Å². The van der Waals surface area contributed by atoms with E-state index in [-0.39, 0.29) is 0 Å². The topological polar surface area (TPSA) is 139 Å². The first-order valence-corrected chi connectivity index (χ1v) is 8.40. The summed E-state index contributed by atoms with van der Waals surface area (Å²) in [5.41, 5.74) is -4.17. The number of rotatable bonds is 7. The average Bonchev–Trinajstić information content (AvgIpc) is 2.46. The third-order valence-electron chi connectivity index (χ3n) is 3.23. The lowest BCUT2D eigenvalue weighted by Gasteiger charge is -2.34. The highest BCUT2D eigenvalue weighted by Gasteiger charge is 2.63. The second-order valence-electron chi connectivity index (χ2n) is 4.96. The number of carbonyl (C=O) groups excluding carboxylic acids is 1. The number of hydrogen-bond acceptors (Lipinski definition) is 6. The Hall–Kier alpha value is -1.78. The van der Waals surface area contributed by atoms with Gasteiger partial charge in [0, 0.05) is 12.7 Å². The lowest BCUT2D eigenvalue weighted by atomic mass is 9.91. The Morgan fingerprint density at radius 1 is 1.28 bits per heavy atom. The number of benzene rings is 1. The molecule has 1 amide bonds. The van der Waals surface area contributed by atoms with E-state index in [1.165, 1.54) is 23.5 Å². The zero-order valence-electron chi connectivity index (χ0n) is 12.7. The van der Waals surface area contributed by atoms with Gasteiger partial charge in [-0.2, -0.15) is 13.2 Å². The number of amides is 1. The van der Waals surface area contributed by atoms with Crippen molar-refractivity contribution in [3.8, 4) is 0 Å². The molecular formula is C13H15F3NO7P. The van der Waals surface area contributed by atoms with Gasteiger partial charge in [-0.1, -0.05) is 30.3 Å². The van der Waals surface area contributed by atoms with Crippen molar-refractivity contribution >= 4 is 19.8 Å². The van der Waals surface area contributed by atoms with Gasteiger partial charge in [-0.05, 0) is 0 Å². The number of carbonyl (C=O) groups is 2. The summed E-state index contributed by atoms with van der Waals surface area (Å²) in [6, 6.07) is 3.49. The third-order valence-corrected chi connectivity index (χ3v) is 4.07. The van der Waals surface area contributed by atoms with Crippen LogP contribution in [0.4, 0.5) is 13.2 Å². The molecule has 25 heavy (non-hydrogen) atoms. The zero-order valence-corrected chi connectivity index (χ0v) is 13.6. The SMILES string of the molecule is CO[C@@](C(=O)N[C@H](C[P+]([O-])(O)O)C(=O)O)(c1ccccc1)C(F)(F)F. The van der Waals surface area contributed by atoms with Crippen molar-refractivity contribution < 1.29 is 47.3 Å². The van der Waals surface area contributed by atoms with Crippen molar-refractivity contribution in [2.24, 2.45) is 0 Å². The quantitative estimate of drug-likeness (QED) is 0.476. The largest absolute Gasteiger partial charge is 0.632 e. The van der Waals surface area contributed by atoms with E-state index < -0.39 is 49.4 Å². The summed E-state index contributed by atoms with van der Waals surface area (Å²) in [6.07, 6.45) is -6.65. The second kappa shape index (κ2) is 7.63. The van der Waals surface area contributed by atoms with E-state index in [2.05, 4.69) is 4.74 Å². The Bertz CT molecular complexity index is 620. The van der Waals surface area contributed by atoms with E-state index in [0.717, 1.165) is 12.1 Å². The first kappa shape index (κ1) is 21.3. The Kier molecular flexibility index (Phi) is 6.49. The molecule has 0 unspecified atom stereocenters. The zero-order chi connectivity index (χ0) is 19.5. The minimum absolute atomic E-state index is 0.610. The summed E-state index contributed by atoms with van der Waals surface area (Å²) in [5, 5.41) is 10.4. The number of carboxylic acids is 1. The highest BCUT2D eigenvalue weighted by Crippen LogP contribution is 2.43. The normalized spacial score (nSPS) is 16.0. The number of nitrogens with one attached hydrogen (secondary N) is 1. The van der Waals surface area contributed by atoms with Crippen LogP contribution in [0, 0.1) is 0 Å². The Morgan fingerprint density at radius 2 is 1.80 bits per heavy atom. The standard InChI is InChI=1S/C13H15F3NO7P/c1-24-12(13(14,15)16,8-5-3-2-4-6-8)11(20)17-9(10(18)19)7-25(21,22)23/h2-6,9H,7H2,1H3,(H,17,20)(H,18,19)(H2,21,22,23)/t9-,12-/m1/s1. The van der Waals surface area contributed by atoms with Crippen LogP contribution in [0.2, 0.25) is 0 Å². The van der Waals surface area contributed by atoms with Crippen LogP contribution in [0.1, 0.15) is 5.56 Å². The smallest absolute Gasteiger partial charge is 0.430 e. The molecule has 8 nitrogen and oxygen atoms in total. The first-order chi connectivity index (χ1) is 11.3. The summed E-state index contributed by atoms with van der Waals surface area (Å²) in [4.78, 5) is 51.9. The van der Waals surface area contributed by atoms with E-state index in [1.807, 2.05) is 0 Å². The lowest BCUT2D eigenvalue weighted by molar-refractivity contribution is -0.266. The predicted molar refractivity (Wildman–Crippen MR) is 77.0 cm³/mol. The maximum absolute atomic E-state index is 13.6. The maximum Gasteiger partial charge on any atom is 0.430 e. The fourth-order valence-electron chi connectivity index (χ4n) is 2.11. The van der Waals surface area contributed by atoms with Crippen LogP contribution in [0.15, 0.2) is 30.3 Å². The molecular weight excluding hydrogens is 370 g/mol. The molecule has 1 aromatic carbocycles. The van der Waals surface area contributed by atoms with Gasteiger partial charge in [-0.15, -0.1) is 0 Å². The minimum Gasteiger partial charge on any atom is -0.632 e. The van der Waals surface area contributed by atoms with Crippen molar-refractivity contribution in [2.45, 2.75) is 17.8 Å². The molecule has 0 aromatic heterocycles. The molecule has 1 rings (SSSR count). The van der Waals surface area contributed by atoms with Gasteiger partial charge in [-0.3, -0.25) is 4.79 Å². The molecule has 0 aliphatic heterocycles. The molecule has 0 aliphatic rings. The third kappa shape index (κ3) is 4.86. The van der Waals surface area contributed by atoms with Crippen LogP contribution >= 0.6 is 7.94 Å². The van der Waals surface area contributed by atoms with Crippen molar-refractivity contribution in [2.75, 3.05) is 13.3 Å². The maximum atomic E-state index is 13.6. The van der Waals surface area contributed by atoms with Gasteiger partial charge in [0.2, 0.25) is 7.94 Å². The van der Waals surface area contributed by atoms with Gasteiger partial charge < -0.3 is 20.1 Å². The van der Waals surface area contributed by atoms with E-state index in [9.17, 15) is 27.7 Å². The van der Waals surface area contributed by atoms with Crippen LogP contribution in [0.5, 0.6) is 0 Å². The summed E-state index contributed by atoms with van der Waals surface area (Å²) < 4.78 is 45.3. The van der Waals surface area contributed by atoms with Crippen LogP contribution < -0.4 is 10.2 Å². The summed E-state index contributed by atoms with van der Waals surface area (Å²) in [6.45, 7) is 0. The molecule has 0 saturated heterocycles. The number of carboxylic acid groups (broad SMARTS) is 1. The van der Waals surface area contributed by atoms with Crippen LogP contribution in [-0.2, 0) is 19.9 Å². The lowest BCUT2D eigenvalue weighted by Crippen LogP contribution is -2.59. The Labute approximate surface area is 140 Å². The molecule has 0 aliphatic carbocycles. The second-order valence-corrected chi connectivity index (χ2v) is 6.66. The monoisotopic (exact) mass is 385 g/mol. The fourth-order valence-corrected chi connectivity index (χ4v) is 2.83. The highest BCUT2D eigenvalue weighted by molar-refractivity contribution is 7.57. The van der Waals surface area contributed by atoms with Crippen molar-refractivity contribution in [1.82, 2.24) is 5.32 Å². The fraction of sp³-hybridized carbons (Fsp3) is 0.385. The van der Waals surface area contributed by atoms with Crippen LogP contribution in [-0.4, -0.2) is 52.3 Å². The van der Waals surface area contributed by atoms with Crippen LogP contribution in [0.3, 0.4) is 0 Å². The molecule has 12 heteroatoms. The molecule has 4 N–H and O–H groups in total. The average molecular weight is 385 g/mol. The molecule has 140 valence electrons. The number of hydrogen-bond donors (Lipinski definition) is 4. The number of aliphatic carboxylic acids is 1. The van der Waals surface area contributed by atoms with Gasteiger partial charge in [0.25, 0.3) is 11.5 Å². The molecule has 0 bridgehead atoms. The van der Waals surface area contributed by atoms with E-state index in [1.54, 1.807) is 0 Å². The highest BCUT2D eigenvalue weighted by atomic mass is 31.2. The van der Waals surface area contributed by atoms with Crippen molar-refractivity contribution in [3.05, 3.63) is 35.9 Å². The minimum atomic E-state index is -5.28. The predicted octanol–water partition coefficient (Wildman–Crippen LogP) is -0.232. The number of ether oxygens (including phenoxy) is 1. The summed E-state index contributed by atoms with van der Waals surface area (Å²) >= 11 is 0. The molecule has 0 fully saturated rings. The first-order valence-electron chi connectivity index (χ1n) is 6.61. The number of alkyl halides is 3. The summed E-state index contributed by atoms with van der Waals surface area (Å²) in [5.74, 6) is -3.81. The molecule has 1 aromatic rings. The number of halogens is 3.